The Balaban J connectivity index is 1.84. The highest BCUT2D eigenvalue weighted by Gasteiger charge is 2.19. The number of fused-ring (bicyclic) bond motifs is 1. The molecule has 3 nitrogen and oxygen atoms in total. The van der Waals surface area contributed by atoms with Gasteiger partial charge in [-0.15, -0.1) is 0 Å². The van der Waals surface area contributed by atoms with Crippen molar-refractivity contribution in [2.45, 2.75) is 25.4 Å². The van der Waals surface area contributed by atoms with E-state index in [0.29, 0.717) is 5.13 Å². The first-order valence-electron chi connectivity index (χ1n) is 5.19. The fourth-order valence-electron chi connectivity index (χ4n) is 1.65. The maximum atomic E-state index is 5.66. The van der Waals surface area contributed by atoms with Crippen LogP contribution in [0.5, 0.6) is 0 Å². The Morgan fingerprint density at radius 1 is 1.47 bits per heavy atom. The third-order valence-corrected chi connectivity index (χ3v) is 3.49. The number of benzene rings is 1. The predicted octanol–water partition coefficient (Wildman–Crippen LogP) is 2.13. The van der Waals surface area contributed by atoms with Gasteiger partial charge in [-0.25, -0.2) is 4.98 Å². The summed E-state index contributed by atoms with van der Waals surface area (Å²) in [5, 5.41) is 4.15. The van der Waals surface area contributed by atoms with Gasteiger partial charge in [-0.3, -0.25) is 0 Å². The number of nitrogens with two attached hydrogens (primary N) is 1. The second-order valence-electron chi connectivity index (χ2n) is 4.01. The average Bonchev–Trinajstić information content (AvgIpc) is 2.96. The minimum absolute atomic E-state index is 0.650. The number of nitrogen functional groups attached to an aromatic ring is 1. The van der Waals surface area contributed by atoms with E-state index in [9.17, 15) is 0 Å². The predicted molar refractivity (Wildman–Crippen MR) is 63.9 cm³/mol. The number of hydrogen-bond acceptors (Lipinski definition) is 4. The monoisotopic (exact) mass is 219 g/mol. The van der Waals surface area contributed by atoms with Gasteiger partial charge in [-0.1, -0.05) is 17.4 Å². The Hall–Kier alpha value is -1.13. The Morgan fingerprint density at radius 3 is 3.13 bits per heavy atom. The van der Waals surface area contributed by atoms with Crippen molar-refractivity contribution >= 4 is 26.7 Å². The third kappa shape index (κ3) is 1.96. The summed E-state index contributed by atoms with van der Waals surface area (Å²) < 4.78 is 1.18. The van der Waals surface area contributed by atoms with E-state index in [2.05, 4.69) is 22.4 Å². The lowest BCUT2D eigenvalue weighted by atomic mass is 10.2. The van der Waals surface area contributed by atoms with E-state index in [1.807, 2.05) is 6.07 Å². The number of hydrogen-bond donors (Lipinski definition) is 2. The Morgan fingerprint density at radius 2 is 2.33 bits per heavy atom. The van der Waals surface area contributed by atoms with Crippen LogP contribution in [0.25, 0.3) is 10.2 Å². The summed E-state index contributed by atoms with van der Waals surface area (Å²) in [6.45, 7) is 0.957. The molecule has 0 radical (unpaired) electrons. The second kappa shape index (κ2) is 3.47. The first kappa shape index (κ1) is 9.12. The lowest BCUT2D eigenvalue weighted by Gasteiger charge is -2.02. The summed E-state index contributed by atoms with van der Waals surface area (Å²) in [5.41, 5.74) is 7.99. The third-order valence-electron chi connectivity index (χ3n) is 2.64. The van der Waals surface area contributed by atoms with Crippen LogP contribution in [-0.2, 0) is 6.54 Å². The van der Waals surface area contributed by atoms with Crippen LogP contribution in [0.4, 0.5) is 5.13 Å². The zero-order chi connectivity index (χ0) is 10.3. The second-order valence-corrected chi connectivity index (χ2v) is 5.07. The van der Waals surface area contributed by atoms with E-state index in [4.69, 9.17) is 5.73 Å². The van der Waals surface area contributed by atoms with Crippen molar-refractivity contribution in [2.24, 2.45) is 0 Å². The van der Waals surface area contributed by atoms with Crippen LogP contribution in [-0.4, -0.2) is 11.0 Å². The van der Waals surface area contributed by atoms with Crippen molar-refractivity contribution in [3.8, 4) is 0 Å². The molecule has 1 heterocycles. The SMILES string of the molecule is Nc1nc2ccc(CNC3CC3)cc2s1. The van der Waals surface area contributed by atoms with E-state index in [0.717, 1.165) is 18.1 Å². The maximum absolute atomic E-state index is 5.66. The minimum Gasteiger partial charge on any atom is -0.375 e. The molecule has 1 aromatic carbocycles. The average molecular weight is 219 g/mol. The summed E-state index contributed by atoms with van der Waals surface area (Å²) in [6.07, 6.45) is 2.66. The molecule has 1 aliphatic carbocycles. The number of thiazole rings is 1. The standard InChI is InChI=1S/C11H13N3S/c12-11-14-9-4-1-7(5-10(9)15-11)6-13-8-2-3-8/h1,4-5,8,13H,2-3,6H2,(H2,12,14). The van der Waals surface area contributed by atoms with Crippen molar-refractivity contribution in [2.75, 3.05) is 5.73 Å². The van der Waals surface area contributed by atoms with Crippen molar-refractivity contribution in [1.29, 1.82) is 0 Å². The summed E-state index contributed by atoms with van der Waals surface area (Å²) in [4.78, 5) is 4.24. The summed E-state index contributed by atoms with van der Waals surface area (Å²) >= 11 is 1.56. The molecule has 78 valence electrons. The highest BCUT2D eigenvalue weighted by atomic mass is 32.1. The Labute approximate surface area is 92.3 Å². The molecule has 3 rings (SSSR count). The molecule has 1 fully saturated rings. The number of nitrogens with one attached hydrogen (secondary N) is 1. The highest BCUT2D eigenvalue weighted by Crippen LogP contribution is 2.25. The van der Waals surface area contributed by atoms with Gasteiger partial charge in [-0.05, 0) is 30.5 Å². The van der Waals surface area contributed by atoms with E-state index in [1.54, 1.807) is 11.3 Å². The maximum Gasteiger partial charge on any atom is 0.181 e. The van der Waals surface area contributed by atoms with Gasteiger partial charge in [0.25, 0.3) is 0 Å². The highest BCUT2D eigenvalue weighted by molar-refractivity contribution is 7.22. The van der Waals surface area contributed by atoms with Crippen LogP contribution in [0.15, 0.2) is 18.2 Å². The lowest BCUT2D eigenvalue weighted by Crippen LogP contribution is -2.14. The smallest absolute Gasteiger partial charge is 0.181 e. The summed E-state index contributed by atoms with van der Waals surface area (Å²) in [5.74, 6) is 0. The van der Waals surface area contributed by atoms with Crippen molar-refractivity contribution in [1.82, 2.24) is 10.3 Å². The number of rotatable bonds is 3. The number of nitrogens with zero attached hydrogens (tertiary/aromatic N) is 1. The van der Waals surface area contributed by atoms with Crippen molar-refractivity contribution in [3.05, 3.63) is 23.8 Å². The topological polar surface area (TPSA) is 50.9 Å². The fraction of sp³-hybridized carbons (Fsp3) is 0.364. The lowest BCUT2D eigenvalue weighted by molar-refractivity contribution is 0.688. The van der Waals surface area contributed by atoms with Gasteiger partial charge in [-0.2, -0.15) is 0 Å². The molecule has 4 heteroatoms. The van der Waals surface area contributed by atoms with Crippen LogP contribution in [0, 0.1) is 0 Å². The van der Waals surface area contributed by atoms with Crippen LogP contribution in [0.3, 0.4) is 0 Å². The molecule has 0 amide bonds. The van der Waals surface area contributed by atoms with Gasteiger partial charge in [0.05, 0.1) is 10.2 Å². The summed E-state index contributed by atoms with van der Waals surface area (Å²) in [7, 11) is 0. The summed E-state index contributed by atoms with van der Waals surface area (Å²) in [6, 6.07) is 7.11. The molecule has 3 N–H and O–H groups in total. The van der Waals surface area contributed by atoms with Gasteiger partial charge >= 0.3 is 0 Å². The van der Waals surface area contributed by atoms with E-state index >= 15 is 0 Å². The van der Waals surface area contributed by atoms with E-state index < -0.39 is 0 Å². The zero-order valence-electron chi connectivity index (χ0n) is 8.36. The first-order chi connectivity index (χ1) is 7.31. The molecule has 0 bridgehead atoms. The molecule has 1 aliphatic rings. The van der Waals surface area contributed by atoms with Gasteiger partial charge in [0, 0.05) is 12.6 Å². The van der Waals surface area contributed by atoms with Crippen LogP contribution in [0.2, 0.25) is 0 Å². The molecule has 0 saturated heterocycles. The zero-order valence-corrected chi connectivity index (χ0v) is 9.18. The molecule has 0 spiro atoms. The largest absolute Gasteiger partial charge is 0.375 e. The fourth-order valence-corrected chi connectivity index (χ4v) is 2.44. The molecule has 0 unspecified atom stereocenters. The Kier molecular flexibility index (Phi) is 2.11. The van der Waals surface area contributed by atoms with Gasteiger partial charge in [0.1, 0.15) is 0 Å². The van der Waals surface area contributed by atoms with Gasteiger partial charge in [0.2, 0.25) is 0 Å². The molecular formula is C11H13N3S. The molecule has 0 aliphatic heterocycles. The molecule has 15 heavy (non-hydrogen) atoms. The number of aromatic nitrogens is 1. The van der Waals surface area contributed by atoms with E-state index in [1.165, 1.54) is 23.1 Å². The molecule has 1 aromatic heterocycles. The molecular weight excluding hydrogens is 206 g/mol. The van der Waals surface area contributed by atoms with E-state index in [-0.39, 0.29) is 0 Å². The number of anilines is 1. The van der Waals surface area contributed by atoms with Gasteiger partial charge < -0.3 is 11.1 Å². The van der Waals surface area contributed by atoms with Crippen molar-refractivity contribution < 1.29 is 0 Å². The first-order valence-corrected chi connectivity index (χ1v) is 6.01. The quantitative estimate of drug-likeness (QED) is 0.831. The molecule has 0 atom stereocenters. The Bertz CT molecular complexity index is 488. The normalized spacial score (nSPS) is 16.0. The molecule has 2 aromatic rings. The van der Waals surface area contributed by atoms with Gasteiger partial charge in [0.15, 0.2) is 5.13 Å². The van der Waals surface area contributed by atoms with Crippen LogP contribution in [0.1, 0.15) is 18.4 Å². The van der Waals surface area contributed by atoms with Crippen molar-refractivity contribution in [3.63, 3.8) is 0 Å². The van der Waals surface area contributed by atoms with Crippen LogP contribution >= 0.6 is 11.3 Å². The minimum atomic E-state index is 0.650. The molecule has 1 saturated carbocycles. The van der Waals surface area contributed by atoms with Crippen LogP contribution < -0.4 is 11.1 Å².